The molecule has 0 unspecified atom stereocenters. The molecule has 5 heteroatoms. The van der Waals surface area contributed by atoms with Gasteiger partial charge in [0.05, 0.1) is 0 Å². The molecule has 0 saturated heterocycles. The highest BCUT2D eigenvalue weighted by molar-refractivity contribution is 7.99. The lowest BCUT2D eigenvalue weighted by Crippen LogP contribution is -1.90. The Kier molecular flexibility index (Phi) is 2.82. The molecule has 1 aromatic carbocycles. The molecule has 0 aliphatic heterocycles. The van der Waals surface area contributed by atoms with Crippen molar-refractivity contribution in [3.05, 3.63) is 42.6 Å². The first-order chi connectivity index (χ1) is 7.25. The van der Waals surface area contributed by atoms with Crippen molar-refractivity contribution in [2.24, 2.45) is 0 Å². The van der Waals surface area contributed by atoms with Crippen molar-refractivity contribution in [3.63, 3.8) is 0 Å². The van der Waals surface area contributed by atoms with Crippen LogP contribution in [-0.4, -0.2) is 9.97 Å². The van der Waals surface area contributed by atoms with E-state index in [1.165, 1.54) is 30.2 Å². The first-order valence-electron chi connectivity index (χ1n) is 4.24. The molecule has 0 aliphatic rings. The molecular weight excluding hydrogens is 213 g/mol. The Morgan fingerprint density at radius 1 is 1.27 bits per heavy atom. The maximum absolute atomic E-state index is 12.8. The summed E-state index contributed by atoms with van der Waals surface area (Å²) in [5.41, 5.74) is 6.08. The van der Waals surface area contributed by atoms with Gasteiger partial charge in [-0.05, 0) is 24.3 Å². The van der Waals surface area contributed by atoms with Crippen LogP contribution < -0.4 is 5.73 Å². The van der Waals surface area contributed by atoms with Crippen molar-refractivity contribution in [1.29, 1.82) is 0 Å². The molecule has 3 nitrogen and oxygen atoms in total. The molecule has 0 saturated carbocycles. The van der Waals surface area contributed by atoms with Gasteiger partial charge < -0.3 is 5.73 Å². The number of hydrogen-bond acceptors (Lipinski definition) is 4. The van der Waals surface area contributed by atoms with Crippen molar-refractivity contribution in [1.82, 2.24) is 9.97 Å². The number of benzene rings is 1. The second-order valence-corrected chi connectivity index (χ2v) is 3.89. The van der Waals surface area contributed by atoms with E-state index < -0.39 is 0 Å². The zero-order valence-electron chi connectivity index (χ0n) is 7.72. The van der Waals surface area contributed by atoms with E-state index in [9.17, 15) is 4.39 Å². The van der Waals surface area contributed by atoms with Crippen molar-refractivity contribution in [3.8, 4) is 0 Å². The predicted octanol–water partition coefficient (Wildman–Crippen LogP) is 2.35. The Morgan fingerprint density at radius 3 is 2.80 bits per heavy atom. The fourth-order valence-corrected chi connectivity index (χ4v) is 1.83. The van der Waals surface area contributed by atoms with Gasteiger partial charge in [-0.25, -0.2) is 14.4 Å². The first kappa shape index (κ1) is 9.92. The van der Waals surface area contributed by atoms with Gasteiger partial charge in [-0.3, -0.25) is 0 Å². The lowest BCUT2D eigenvalue weighted by atomic mass is 10.3. The molecule has 0 radical (unpaired) electrons. The van der Waals surface area contributed by atoms with E-state index in [4.69, 9.17) is 5.73 Å². The molecule has 0 fully saturated rings. The van der Waals surface area contributed by atoms with Crippen molar-refractivity contribution in [2.45, 2.75) is 9.92 Å². The maximum atomic E-state index is 12.8. The highest BCUT2D eigenvalue weighted by Crippen LogP contribution is 2.30. The van der Waals surface area contributed by atoms with Crippen LogP contribution in [0.3, 0.4) is 0 Å². The second-order valence-electron chi connectivity index (χ2n) is 2.83. The Labute approximate surface area is 90.6 Å². The normalized spacial score (nSPS) is 10.2. The van der Waals surface area contributed by atoms with E-state index >= 15 is 0 Å². The SMILES string of the molecule is Nc1cc(F)ccc1Sc1ccncn1. The minimum atomic E-state index is -0.334. The average Bonchev–Trinajstić information content (AvgIpc) is 2.24. The monoisotopic (exact) mass is 221 g/mol. The molecule has 2 N–H and O–H groups in total. The van der Waals surface area contributed by atoms with Gasteiger partial charge in [-0.1, -0.05) is 11.8 Å². The van der Waals surface area contributed by atoms with Gasteiger partial charge >= 0.3 is 0 Å². The number of nitrogens with two attached hydrogens (primary N) is 1. The lowest BCUT2D eigenvalue weighted by molar-refractivity contribution is 0.627. The minimum Gasteiger partial charge on any atom is -0.398 e. The summed E-state index contributed by atoms with van der Waals surface area (Å²) in [5.74, 6) is -0.334. The Bertz CT molecular complexity index is 461. The van der Waals surface area contributed by atoms with Gasteiger partial charge in [-0.2, -0.15) is 0 Å². The van der Waals surface area contributed by atoms with Crippen LogP contribution in [0.2, 0.25) is 0 Å². The van der Waals surface area contributed by atoms with Crippen LogP contribution in [-0.2, 0) is 0 Å². The molecule has 76 valence electrons. The standard InChI is InChI=1S/C10H8FN3S/c11-7-1-2-9(8(12)5-7)15-10-3-4-13-6-14-10/h1-6H,12H2. The van der Waals surface area contributed by atoms with Gasteiger partial charge in [0.1, 0.15) is 17.2 Å². The number of anilines is 1. The topological polar surface area (TPSA) is 51.8 Å². The molecule has 2 rings (SSSR count). The van der Waals surface area contributed by atoms with E-state index in [0.717, 1.165) is 9.92 Å². The zero-order valence-corrected chi connectivity index (χ0v) is 8.54. The van der Waals surface area contributed by atoms with E-state index in [-0.39, 0.29) is 5.82 Å². The summed E-state index contributed by atoms with van der Waals surface area (Å²) in [5, 5.41) is 0.781. The lowest BCUT2D eigenvalue weighted by Gasteiger charge is -2.03. The highest BCUT2D eigenvalue weighted by Gasteiger charge is 2.03. The molecule has 0 bridgehead atoms. The summed E-state index contributed by atoms with van der Waals surface area (Å²) in [4.78, 5) is 8.64. The molecule has 0 aliphatic carbocycles. The summed E-state index contributed by atoms with van der Waals surface area (Å²) in [7, 11) is 0. The third kappa shape index (κ3) is 2.44. The number of aromatic nitrogens is 2. The van der Waals surface area contributed by atoms with Gasteiger partial charge in [0, 0.05) is 16.8 Å². The summed E-state index contributed by atoms with van der Waals surface area (Å²) < 4.78 is 12.8. The largest absolute Gasteiger partial charge is 0.398 e. The number of hydrogen-bond donors (Lipinski definition) is 1. The molecule has 15 heavy (non-hydrogen) atoms. The summed E-state index contributed by atoms with van der Waals surface area (Å²) in [6, 6.07) is 6.08. The molecular formula is C10H8FN3S. The average molecular weight is 221 g/mol. The smallest absolute Gasteiger partial charge is 0.125 e. The fraction of sp³-hybridized carbons (Fsp3) is 0. The first-order valence-corrected chi connectivity index (χ1v) is 5.06. The van der Waals surface area contributed by atoms with Crippen molar-refractivity contribution >= 4 is 17.4 Å². The number of nitrogens with zero attached hydrogens (tertiary/aromatic N) is 2. The maximum Gasteiger partial charge on any atom is 0.125 e. The Morgan fingerprint density at radius 2 is 2.13 bits per heavy atom. The van der Waals surface area contributed by atoms with E-state index in [2.05, 4.69) is 9.97 Å². The van der Waals surface area contributed by atoms with E-state index in [0.29, 0.717) is 5.69 Å². The third-order valence-corrected chi connectivity index (χ3v) is 2.78. The third-order valence-electron chi connectivity index (χ3n) is 1.74. The van der Waals surface area contributed by atoms with Gasteiger partial charge in [0.15, 0.2) is 0 Å². The Hall–Kier alpha value is -1.62. The predicted molar refractivity (Wildman–Crippen MR) is 57.0 cm³/mol. The van der Waals surface area contributed by atoms with E-state index in [1.807, 2.05) is 0 Å². The highest BCUT2D eigenvalue weighted by atomic mass is 32.2. The van der Waals surface area contributed by atoms with Crippen LogP contribution in [0.15, 0.2) is 46.7 Å². The molecule has 1 aromatic heterocycles. The van der Waals surface area contributed by atoms with Crippen molar-refractivity contribution < 1.29 is 4.39 Å². The summed E-state index contributed by atoms with van der Waals surface area (Å²) >= 11 is 1.38. The van der Waals surface area contributed by atoms with Crippen LogP contribution in [0.4, 0.5) is 10.1 Å². The second kappa shape index (κ2) is 4.27. The quantitative estimate of drug-likeness (QED) is 0.624. The van der Waals surface area contributed by atoms with Gasteiger partial charge in [0.25, 0.3) is 0 Å². The zero-order chi connectivity index (χ0) is 10.7. The molecule has 0 spiro atoms. The number of nitrogen functional groups attached to an aromatic ring is 1. The van der Waals surface area contributed by atoms with Crippen LogP contribution in [0.5, 0.6) is 0 Å². The van der Waals surface area contributed by atoms with Gasteiger partial charge in [0.2, 0.25) is 0 Å². The fourth-order valence-electron chi connectivity index (χ4n) is 1.06. The summed E-state index contributed by atoms with van der Waals surface area (Å²) in [6.07, 6.45) is 3.11. The molecule has 0 atom stereocenters. The molecule has 0 amide bonds. The minimum absolute atomic E-state index is 0.334. The number of halogens is 1. The van der Waals surface area contributed by atoms with Crippen LogP contribution in [0.1, 0.15) is 0 Å². The van der Waals surface area contributed by atoms with Crippen LogP contribution in [0.25, 0.3) is 0 Å². The van der Waals surface area contributed by atoms with Crippen LogP contribution >= 0.6 is 11.8 Å². The molecule has 2 aromatic rings. The van der Waals surface area contributed by atoms with Crippen LogP contribution in [0, 0.1) is 5.82 Å². The van der Waals surface area contributed by atoms with Gasteiger partial charge in [-0.15, -0.1) is 0 Å². The molecule has 1 heterocycles. The number of rotatable bonds is 2. The Balaban J connectivity index is 2.25. The van der Waals surface area contributed by atoms with Crippen molar-refractivity contribution in [2.75, 3.05) is 5.73 Å². The summed E-state index contributed by atoms with van der Waals surface area (Å²) in [6.45, 7) is 0. The van der Waals surface area contributed by atoms with E-state index in [1.54, 1.807) is 18.3 Å².